The lowest BCUT2D eigenvalue weighted by Crippen LogP contribution is -2.32. The number of aliphatic carboxylic acids is 1. The highest BCUT2D eigenvalue weighted by molar-refractivity contribution is 5.73. The van der Waals surface area contributed by atoms with Crippen molar-refractivity contribution in [2.75, 3.05) is 0 Å². The molecule has 116 valence electrons. The van der Waals surface area contributed by atoms with Gasteiger partial charge < -0.3 is 15.3 Å². The lowest BCUT2D eigenvalue weighted by molar-refractivity contribution is -0.138. The second-order valence-corrected chi connectivity index (χ2v) is 5.12. The van der Waals surface area contributed by atoms with Crippen molar-refractivity contribution in [1.29, 1.82) is 0 Å². The third kappa shape index (κ3) is 3.44. The van der Waals surface area contributed by atoms with E-state index in [0.717, 1.165) is 16.7 Å². The van der Waals surface area contributed by atoms with Gasteiger partial charge in [-0.25, -0.2) is 0 Å². The average Bonchev–Trinajstić information content (AvgIpc) is 3.06. The van der Waals surface area contributed by atoms with Crippen molar-refractivity contribution in [2.24, 2.45) is 5.73 Å². The van der Waals surface area contributed by atoms with Gasteiger partial charge in [0, 0.05) is 11.1 Å². The summed E-state index contributed by atoms with van der Waals surface area (Å²) in [5.74, 6) is -0.144. The Hall–Kier alpha value is -2.99. The van der Waals surface area contributed by atoms with Crippen LogP contribution in [0.15, 0.2) is 59.0 Å². The summed E-state index contributed by atoms with van der Waals surface area (Å²) in [5.41, 5.74) is 7.99. The normalized spacial score (nSPS) is 12.0. The number of hydrogen-bond acceptors (Lipinski definition) is 5. The topological polar surface area (TPSA) is 102 Å². The molecule has 0 aliphatic carbocycles. The van der Waals surface area contributed by atoms with Gasteiger partial charge in [0.15, 0.2) is 0 Å². The van der Waals surface area contributed by atoms with E-state index in [-0.39, 0.29) is 6.42 Å². The smallest absolute Gasteiger partial charge is 0.320 e. The Labute approximate surface area is 132 Å². The fourth-order valence-corrected chi connectivity index (χ4v) is 2.16. The van der Waals surface area contributed by atoms with Gasteiger partial charge in [0.25, 0.3) is 0 Å². The predicted molar refractivity (Wildman–Crippen MR) is 84.5 cm³/mol. The van der Waals surface area contributed by atoms with Gasteiger partial charge in [-0.2, -0.15) is 0 Å². The van der Waals surface area contributed by atoms with Crippen LogP contribution >= 0.6 is 0 Å². The van der Waals surface area contributed by atoms with Gasteiger partial charge in [0.05, 0.1) is 0 Å². The third-order valence-corrected chi connectivity index (χ3v) is 3.42. The van der Waals surface area contributed by atoms with Crippen LogP contribution in [0.25, 0.3) is 22.9 Å². The predicted octanol–water partition coefficient (Wildman–Crippen LogP) is 2.36. The summed E-state index contributed by atoms with van der Waals surface area (Å²) in [6.45, 7) is 0. The highest BCUT2D eigenvalue weighted by Gasteiger charge is 2.13. The molecule has 3 N–H and O–H groups in total. The minimum Gasteiger partial charge on any atom is -0.480 e. The lowest BCUT2D eigenvalue weighted by atomic mass is 10.0. The number of hydrogen-bond donors (Lipinski definition) is 2. The molecule has 6 nitrogen and oxygen atoms in total. The van der Waals surface area contributed by atoms with E-state index in [2.05, 4.69) is 10.2 Å². The van der Waals surface area contributed by atoms with Crippen LogP contribution in [0.1, 0.15) is 5.56 Å². The minimum absolute atomic E-state index is 0.273. The Balaban J connectivity index is 1.78. The molecule has 3 rings (SSSR count). The summed E-state index contributed by atoms with van der Waals surface area (Å²) in [6.07, 6.45) is 0.273. The Bertz CT molecular complexity index is 797. The lowest BCUT2D eigenvalue weighted by Gasteiger charge is -2.06. The zero-order valence-electron chi connectivity index (χ0n) is 12.2. The third-order valence-electron chi connectivity index (χ3n) is 3.42. The van der Waals surface area contributed by atoms with Gasteiger partial charge in [-0.1, -0.05) is 30.3 Å². The van der Waals surface area contributed by atoms with Crippen LogP contribution < -0.4 is 5.73 Å². The van der Waals surface area contributed by atoms with Crippen molar-refractivity contribution >= 4 is 5.97 Å². The number of aromatic nitrogens is 2. The van der Waals surface area contributed by atoms with Crippen molar-refractivity contribution in [3.05, 3.63) is 60.2 Å². The zero-order chi connectivity index (χ0) is 16.2. The minimum atomic E-state index is -1.02. The van der Waals surface area contributed by atoms with E-state index in [1.807, 2.05) is 54.6 Å². The molecular weight excluding hydrogens is 294 g/mol. The van der Waals surface area contributed by atoms with Crippen molar-refractivity contribution in [3.63, 3.8) is 0 Å². The first-order valence-electron chi connectivity index (χ1n) is 7.10. The Morgan fingerprint density at radius 3 is 2.13 bits per heavy atom. The van der Waals surface area contributed by atoms with Crippen LogP contribution in [0, 0.1) is 0 Å². The highest BCUT2D eigenvalue weighted by Crippen LogP contribution is 2.24. The fourth-order valence-electron chi connectivity index (χ4n) is 2.16. The Morgan fingerprint density at radius 1 is 1.00 bits per heavy atom. The highest BCUT2D eigenvalue weighted by atomic mass is 16.4. The summed E-state index contributed by atoms with van der Waals surface area (Å²) in [7, 11) is 0. The molecule has 0 amide bonds. The standard InChI is InChI=1S/C17H15N3O3/c18-14(17(21)22)10-11-6-8-13(9-7-11)16-20-19-15(23-16)12-4-2-1-3-5-12/h1-9,14H,10,18H2,(H,21,22)/t14-/m0/s1. The molecule has 6 heteroatoms. The van der Waals surface area contributed by atoms with E-state index in [0.29, 0.717) is 11.8 Å². The van der Waals surface area contributed by atoms with E-state index < -0.39 is 12.0 Å². The Kier molecular flexibility index (Phi) is 4.16. The van der Waals surface area contributed by atoms with E-state index in [1.54, 1.807) is 0 Å². The van der Waals surface area contributed by atoms with Crippen LogP contribution in [0.5, 0.6) is 0 Å². The first kappa shape index (κ1) is 14.9. The van der Waals surface area contributed by atoms with E-state index in [4.69, 9.17) is 15.3 Å². The summed E-state index contributed by atoms with van der Waals surface area (Å²) in [4.78, 5) is 10.8. The zero-order valence-corrected chi connectivity index (χ0v) is 12.2. The molecule has 1 atom stereocenters. The summed E-state index contributed by atoms with van der Waals surface area (Å²) >= 11 is 0. The monoisotopic (exact) mass is 309 g/mol. The van der Waals surface area contributed by atoms with Gasteiger partial charge in [-0.15, -0.1) is 10.2 Å². The van der Waals surface area contributed by atoms with Gasteiger partial charge in [0.1, 0.15) is 6.04 Å². The van der Waals surface area contributed by atoms with Crippen LogP contribution in [0.3, 0.4) is 0 Å². The molecule has 0 aliphatic heterocycles. The van der Waals surface area contributed by atoms with Crippen molar-refractivity contribution in [3.8, 4) is 22.9 Å². The SMILES string of the molecule is N[C@@H](Cc1ccc(-c2nnc(-c3ccccc3)o2)cc1)C(=O)O. The number of carbonyl (C=O) groups is 1. The number of carboxylic acids is 1. The second-order valence-electron chi connectivity index (χ2n) is 5.12. The van der Waals surface area contributed by atoms with Crippen LogP contribution in [-0.4, -0.2) is 27.3 Å². The first-order valence-corrected chi connectivity index (χ1v) is 7.10. The van der Waals surface area contributed by atoms with Gasteiger partial charge in [-0.3, -0.25) is 4.79 Å². The maximum Gasteiger partial charge on any atom is 0.320 e. The van der Waals surface area contributed by atoms with Gasteiger partial charge in [0.2, 0.25) is 11.8 Å². The maximum absolute atomic E-state index is 10.8. The quantitative estimate of drug-likeness (QED) is 0.750. The number of carboxylic acid groups (broad SMARTS) is 1. The number of nitrogens with zero attached hydrogens (tertiary/aromatic N) is 2. The van der Waals surface area contributed by atoms with Crippen LogP contribution in [-0.2, 0) is 11.2 Å². The number of nitrogens with two attached hydrogens (primary N) is 1. The van der Waals surface area contributed by atoms with Crippen molar-refractivity contribution in [1.82, 2.24) is 10.2 Å². The molecule has 0 unspecified atom stereocenters. The van der Waals surface area contributed by atoms with E-state index in [9.17, 15) is 4.79 Å². The second kappa shape index (κ2) is 6.41. The van der Waals surface area contributed by atoms with Crippen LogP contribution in [0.2, 0.25) is 0 Å². The Morgan fingerprint density at radius 2 is 1.57 bits per heavy atom. The first-order chi connectivity index (χ1) is 11.1. The number of rotatable bonds is 5. The summed E-state index contributed by atoms with van der Waals surface area (Å²) < 4.78 is 5.67. The van der Waals surface area contributed by atoms with Crippen LogP contribution in [0.4, 0.5) is 0 Å². The van der Waals surface area contributed by atoms with Gasteiger partial charge in [-0.05, 0) is 36.2 Å². The fraction of sp³-hybridized carbons (Fsp3) is 0.118. The average molecular weight is 309 g/mol. The molecule has 2 aromatic carbocycles. The summed E-state index contributed by atoms with van der Waals surface area (Å²) in [6, 6.07) is 15.9. The number of benzene rings is 2. The largest absolute Gasteiger partial charge is 0.480 e. The molecule has 1 heterocycles. The molecule has 0 aliphatic rings. The molecule has 0 fully saturated rings. The molecule has 3 aromatic rings. The summed E-state index contributed by atoms with van der Waals surface area (Å²) in [5, 5.41) is 16.9. The molecule has 0 spiro atoms. The molecule has 23 heavy (non-hydrogen) atoms. The van der Waals surface area contributed by atoms with E-state index >= 15 is 0 Å². The molecule has 0 saturated carbocycles. The maximum atomic E-state index is 10.8. The molecular formula is C17H15N3O3. The molecule has 0 radical (unpaired) electrons. The van der Waals surface area contributed by atoms with E-state index in [1.165, 1.54) is 0 Å². The molecule has 0 saturated heterocycles. The van der Waals surface area contributed by atoms with Gasteiger partial charge >= 0.3 is 5.97 Å². The van der Waals surface area contributed by atoms with Crippen molar-refractivity contribution in [2.45, 2.75) is 12.5 Å². The van der Waals surface area contributed by atoms with Crippen molar-refractivity contribution < 1.29 is 14.3 Å². The molecule has 1 aromatic heterocycles. The molecule has 0 bridgehead atoms.